The van der Waals surface area contributed by atoms with Crippen LogP contribution in [-0.2, 0) is 0 Å². The van der Waals surface area contributed by atoms with Crippen LogP contribution in [0, 0.1) is 46.5 Å². The molecule has 0 saturated heterocycles. The van der Waals surface area contributed by atoms with E-state index in [-0.39, 0.29) is 72.1 Å². The van der Waals surface area contributed by atoms with Gasteiger partial charge in [-0.15, -0.1) is 0 Å². The minimum atomic E-state index is -1.70. The number of fused-ring (bicyclic) bond motifs is 19. The van der Waals surface area contributed by atoms with Crippen LogP contribution >= 0.6 is 0 Å². The fraction of sp³-hybridized carbons (Fsp3) is 0.0833. The Morgan fingerprint density at radius 3 is 0.553 bits per heavy atom. The second-order valence-electron chi connectivity index (χ2n) is 29.5. The first-order chi connectivity index (χ1) is 55.7. The van der Waals surface area contributed by atoms with E-state index in [4.69, 9.17) is 19.9 Å². The van der Waals surface area contributed by atoms with Gasteiger partial charge in [-0.25, -0.2) is 55.1 Å². The number of hydrogen-bond donors (Lipinski definition) is 6. The number of rotatable bonds is 12. The van der Waals surface area contributed by atoms with E-state index in [1.165, 1.54) is 0 Å². The van der Waals surface area contributed by atoms with Crippen molar-refractivity contribution in [2.45, 2.75) is 49.6 Å². The predicted molar refractivity (Wildman–Crippen MR) is 441 cm³/mol. The Morgan fingerprint density at radius 2 is 0.368 bits per heavy atom. The molecule has 14 aromatic rings. The van der Waals surface area contributed by atoms with Gasteiger partial charge < -0.3 is 30.6 Å². The summed E-state index contributed by atoms with van der Waals surface area (Å²) in [6.07, 6.45) is 14.5. The van der Waals surface area contributed by atoms with Crippen molar-refractivity contribution < 1.29 is 35.1 Å². The zero-order chi connectivity index (χ0) is 77.1. The van der Waals surface area contributed by atoms with Gasteiger partial charge in [-0.1, -0.05) is 182 Å². The lowest BCUT2D eigenvalue weighted by Crippen LogP contribution is -2.57. The van der Waals surface area contributed by atoms with Gasteiger partial charge in [-0.05, 0) is 169 Å². The van der Waals surface area contributed by atoms with E-state index in [0.717, 1.165) is 55.5 Å². The molecule has 0 atom stereocenters. The highest BCUT2D eigenvalue weighted by Gasteiger charge is 2.51. The van der Waals surface area contributed by atoms with Gasteiger partial charge in [-0.3, -0.25) is 0 Å². The number of nitrogens with zero attached hydrogens (tertiary/aromatic N) is 4. The molecule has 18 heteroatoms. The molecule has 0 radical (unpaired) electrons. The fourth-order valence-corrected chi connectivity index (χ4v) is 17.4. The molecule has 10 nitrogen and oxygen atoms in total. The predicted octanol–water partition coefficient (Wildman–Crippen LogP) is 25.4. The topological polar surface area (TPSA) is 139 Å². The first-order valence-electron chi connectivity index (χ1n) is 37.7. The second-order valence-corrected chi connectivity index (χ2v) is 29.5. The molecule has 21 rings (SSSR count). The van der Waals surface area contributed by atoms with Crippen LogP contribution in [0.3, 0.4) is 0 Å². The molecule has 3 saturated carbocycles. The molecule has 3 fully saturated rings. The Kier molecular flexibility index (Phi) is 16.7. The van der Waals surface area contributed by atoms with Crippen molar-refractivity contribution in [2.75, 3.05) is 10.6 Å². The average molecular weight is 1510 g/mol. The number of aromatic amines is 4. The van der Waals surface area contributed by atoms with Crippen LogP contribution in [0.2, 0.25) is 0 Å². The average Bonchev–Trinajstić information content (AvgIpc) is 0.846. The van der Waals surface area contributed by atoms with Crippen LogP contribution in [0.1, 0.15) is 84.1 Å². The number of aromatic nitrogens is 8. The smallest absolute Gasteiger partial charge is 0.185 e. The third-order valence-electron chi connectivity index (χ3n) is 22.9. The van der Waals surface area contributed by atoms with E-state index >= 15 is 35.1 Å². The molecule has 10 heterocycles. The summed E-state index contributed by atoms with van der Waals surface area (Å²) in [4.78, 5) is 34.8. The number of halogens is 8. The van der Waals surface area contributed by atoms with Crippen LogP contribution < -0.4 is 10.6 Å². The third-order valence-corrected chi connectivity index (χ3v) is 22.9. The summed E-state index contributed by atoms with van der Waals surface area (Å²) < 4.78 is 142. The van der Waals surface area contributed by atoms with E-state index in [1.54, 1.807) is 48.6 Å². The van der Waals surface area contributed by atoms with Crippen molar-refractivity contribution in [3.63, 3.8) is 0 Å². The van der Waals surface area contributed by atoms with E-state index in [9.17, 15) is 0 Å². The van der Waals surface area contributed by atoms with Crippen LogP contribution in [0.15, 0.2) is 231 Å². The first kappa shape index (κ1) is 69.2. The summed E-state index contributed by atoms with van der Waals surface area (Å²) >= 11 is 0. The fourth-order valence-electron chi connectivity index (χ4n) is 17.4. The Hall–Kier alpha value is -14.0. The highest BCUT2D eigenvalue weighted by atomic mass is 19.2. The molecule has 0 spiro atoms. The molecule has 0 unspecified atom stereocenters. The molecule has 4 aliphatic heterocycles. The summed E-state index contributed by atoms with van der Waals surface area (Å²) in [5, 5.41) is 5.83. The molecule has 18 bridgehead atoms. The highest BCUT2D eigenvalue weighted by molar-refractivity contribution is 6.03. The van der Waals surface area contributed by atoms with Crippen molar-refractivity contribution in [1.82, 2.24) is 39.9 Å². The van der Waals surface area contributed by atoms with Gasteiger partial charge in [-0.2, -0.15) is 0 Å². The molecule has 554 valence electrons. The molecular formula is C96H64F8N10. The van der Waals surface area contributed by atoms with Gasteiger partial charge in [0.1, 0.15) is 11.4 Å². The second kappa shape index (κ2) is 27.5. The van der Waals surface area contributed by atoms with Crippen molar-refractivity contribution in [1.29, 1.82) is 0 Å². The highest BCUT2D eigenvalue weighted by Crippen LogP contribution is 2.53. The lowest BCUT2D eigenvalue weighted by molar-refractivity contribution is 0.140. The summed E-state index contributed by atoms with van der Waals surface area (Å²) in [6, 6.07) is 72.1. The first-order valence-corrected chi connectivity index (χ1v) is 37.7. The number of hydrogen-bond acceptors (Lipinski definition) is 6. The van der Waals surface area contributed by atoms with Gasteiger partial charge >= 0.3 is 0 Å². The van der Waals surface area contributed by atoms with Gasteiger partial charge in [0.2, 0.25) is 0 Å². The maximum atomic E-state index is 17.9. The number of benzene rings is 8. The number of anilines is 2. The minimum absolute atomic E-state index is 0.00651. The van der Waals surface area contributed by atoms with Crippen molar-refractivity contribution in [3.05, 3.63) is 323 Å². The van der Waals surface area contributed by atoms with Crippen LogP contribution in [0.5, 0.6) is 0 Å². The van der Waals surface area contributed by atoms with E-state index in [1.807, 2.05) is 231 Å². The SMILES string of the molecule is Fc1c(F)c(-c2c3nc(c(-c4ccccc4)c4ccc([nH]4)c(-c4ccccc4)c4nc(c(-c5ccccc5)c5ccc2[nH]5)C=C4)C=C3)c(F)c(F)c1NC12CCC(Nc3c(F)c(F)c(-c4c5nc(c(-c6ccccc6)c6ccc([nH]6)c(-c6ccccc6)c6nc(c(-c7ccccc7)c7ccc4[nH]7)C=C6)C=C5)c(F)c3F)(CC1)CC2. The zero-order valence-electron chi connectivity index (χ0n) is 60.6. The van der Waals surface area contributed by atoms with Crippen LogP contribution in [-0.4, -0.2) is 50.9 Å². The molecular weight excluding hydrogens is 1450 g/mol. The number of nitrogens with one attached hydrogen (secondary N) is 6. The minimum Gasteiger partial charge on any atom is -0.375 e. The van der Waals surface area contributed by atoms with Gasteiger partial charge in [0.25, 0.3) is 0 Å². The summed E-state index contributed by atoms with van der Waals surface area (Å²) in [5.74, 6) is -13.6. The molecule has 8 aromatic carbocycles. The molecule has 0 amide bonds. The normalized spacial score (nSPS) is 16.0. The van der Waals surface area contributed by atoms with Gasteiger partial charge in [0.15, 0.2) is 46.5 Å². The summed E-state index contributed by atoms with van der Waals surface area (Å²) in [5.41, 5.74) is 8.96. The van der Waals surface area contributed by atoms with E-state index in [0.29, 0.717) is 78.5 Å². The standard InChI is InChI=1S/C96H64F8N10/c97-85-83(81-71-43-39-67(109-71)77(55-23-11-3-12-24-55)63-35-31-59(105-63)75(53-19-7-1-8-20-53)60-32-36-64(106-60)78(56-25-13-4-14-26-56)68-40-44-72(81)110-68)86(98)90(102)93(89(85)101)113-95-47-50-96(51-48-95,52-49-95)114-94-91(103)87(99)84(88(100)92(94)104)82-73-45-41-69(111-73)79(57-27-15-5-16-28-57)65-37-33-61(107-65)76(54-21-9-2-10-22-54)62-34-38-66(108-62)80(58-29-17-6-18-30-58)70-42-46-74(82)112-70/h1-46,105,107,110,112-114H,47-52H2. The lowest BCUT2D eigenvalue weighted by atomic mass is 9.61. The Labute approximate surface area is 647 Å². The zero-order valence-corrected chi connectivity index (χ0v) is 60.6. The maximum absolute atomic E-state index is 17.9. The van der Waals surface area contributed by atoms with Gasteiger partial charge in [0.05, 0.1) is 56.7 Å². The Bertz CT molecular complexity index is 6260. The van der Waals surface area contributed by atoms with E-state index in [2.05, 4.69) is 30.6 Å². The quantitative estimate of drug-likeness (QED) is 0.0532. The third kappa shape index (κ3) is 11.7. The largest absolute Gasteiger partial charge is 0.375 e. The van der Waals surface area contributed by atoms with Crippen molar-refractivity contribution in [2.24, 2.45) is 0 Å². The van der Waals surface area contributed by atoms with Crippen LogP contribution in [0.25, 0.3) is 182 Å². The van der Waals surface area contributed by atoms with Gasteiger partial charge in [0, 0.05) is 99.7 Å². The summed E-state index contributed by atoms with van der Waals surface area (Å²) in [6.45, 7) is 0. The summed E-state index contributed by atoms with van der Waals surface area (Å²) in [7, 11) is 0. The van der Waals surface area contributed by atoms with Crippen LogP contribution in [0.4, 0.5) is 46.5 Å². The molecule has 6 N–H and O–H groups in total. The van der Waals surface area contributed by atoms with Crippen molar-refractivity contribution in [3.8, 4) is 89.0 Å². The maximum Gasteiger partial charge on any atom is 0.185 e. The lowest BCUT2D eigenvalue weighted by Gasteiger charge is -2.54. The number of H-pyrrole nitrogens is 4. The molecule has 7 aliphatic rings. The molecule has 114 heavy (non-hydrogen) atoms. The molecule has 3 aliphatic carbocycles. The Morgan fingerprint density at radius 1 is 0.202 bits per heavy atom. The van der Waals surface area contributed by atoms with E-state index < -0.39 is 80.1 Å². The Balaban J connectivity index is 0.672. The molecule has 6 aromatic heterocycles. The van der Waals surface area contributed by atoms with Crippen molar-refractivity contribution >= 4 is 104 Å². The monoisotopic (exact) mass is 1510 g/mol.